The number of thiazole rings is 1. The highest BCUT2D eigenvalue weighted by molar-refractivity contribution is 7.15. The highest BCUT2D eigenvalue weighted by atomic mass is 32.1. The van der Waals surface area contributed by atoms with Crippen molar-refractivity contribution in [3.8, 4) is 0 Å². The topological polar surface area (TPSA) is 28.2 Å². The molecular weight excluding hydrogens is 254 g/mol. The van der Waals surface area contributed by atoms with Crippen LogP contribution in [0.3, 0.4) is 0 Å². The van der Waals surface area contributed by atoms with Crippen LogP contribution in [0.4, 0.5) is 5.13 Å². The molecule has 0 aromatic carbocycles. The van der Waals surface area contributed by atoms with Crippen molar-refractivity contribution in [1.29, 1.82) is 0 Å². The monoisotopic (exact) mass is 281 g/mol. The van der Waals surface area contributed by atoms with Gasteiger partial charge in [-0.3, -0.25) is 0 Å². The molecule has 0 spiro atoms. The molecule has 1 saturated heterocycles. The lowest BCUT2D eigenvalue weighted by molar-refractivity contribution is 0.311. The maximum atomic E-state index is 4.78. The van der Waals surface area contributed by atoms with E-state index in [0.717, 1.165) is 11.8 Å². The Hall–Kier alpha value is -0.610. The smallest absolute Gasteiger partial charge is 0.185 e. The molecule has 3 nitrogen and oxygen atoms in total. The van der Waals surface area contributed by atoms with Crippen LogP contribution in [0.15, 0.2) is 0 Å². The fourth-order valence-electron chi connectivity index (χ4n) is 2.82. The van der Waals surface area contributed by atoms with Crippen LogP contribution in [-0.2, 0) is 0 Å². The Bertz CT molecular complexity index is 406. The van der Waals surface area contributed by atoms with Crippen LogP contribution in [0, 0.1) is 18.8 Å². The molecular formula is C15H27N3S. The van der Waals surface area contributed by atoms with Gasteiger partial charge in [-0.1, -0.05) is 13.8 Å². The number of aromatic nitrogens is 1. The van der Waals surface area contributed by atoms with Gasteiger partial charge >= 0.3 is 0 Å². The fraction of sp³-hybridized carbons (Fsp3) is 0.800. The molecule has 1 aliphatic rings. The van der Waals surface area contributed by atoms with Crippen molar-refractivity contribution in [3.05, 3.63) is 10.6 Å². The number of rotatable bonds is 4. The molecule has 0 saturated carbocycles. The Labute approximate surface area is 121 Å². The SMILES string of the molecule is CNC(C)c1sc(N2CCC(C(C)C)CC2)nc1C. The van der Waals surface area contributed by atoms with Crippen molar-refractivity contribution in [2.45, 2.75) is 46.6 Å². The van der Waals surface area contributed by atoms with Gasteiger partial charge in [0.05, 0.1) is 5.69 Å². The first-order valence-corrected chi connectivity index (χ1v) is 8.24. The van der Waals surface area contributed by atoms with Gasteiger partial charge < -0.3 is 10.2 Å². The van der Waals surface area contributed by atoms with E-state index in [1.54, 1.807) is 0 Å². The van der Waals surface area contributed by atoms with Crippen LogP contribution in [0.25, 0.3) is 0 Å². The van der Waals surface area contributed by atoms with Crippen LogP contribution in [0.1, 0.15) is 50.2 Å². The van der Waals surface area contributed by atoms with Crippen LogP contribution < -0.4 is 10.2 Å². The molecule has 1 aromatic rings. The van der Waals surface area contributed by atoms with Crippen molar-refractivity contribution in [2.24, 2.45) is 11.8 Å². The number of nitrogens with one attached hydrogen (secondary N) is 1. The van der Waals surface area contributed by atoms with E-state index in [-0.39, 0.29) is 0 Å². The second kappa shape index (κ2) is 6.23. The van der Waals surface area contributed by atoms with Crippen LogP contribution in [0.5, 0.6) is 0 Å². The molecule has 0 amide bonds. The molecule has 1 aliphatic heterocycles. The summed E-state index contributed by atoms with van der Waals surface area (Å²) < 4.78 is 0. The number of nitrogens with zero attached hydrogens (tertiary/aromatic N) is 2. The molecule has 108 valence electrons. The third kappa shape index (κ3) is 3.29. The van der Waals surface area contributed by atoms with Gasteiger partial charge in [0, 0.05) is 24.0 Å². The Morgan fingerprint density at radius 3 is 2.42 bits per heavy atom. The average Bonchev–Trinajstić information content (AvgIpc) is 2.80. The number of anilines is 1. The van der Waals surface area contributed by atoms with Gasteiger partial charge in [0.15, 0.2) is 5.13 Å². The predicted octanol–water partition coefficient (Wildman–Crippen LogP) is 3.60. The zero-order valence-corrected chi connectivity index (χ0v) is 13.7. The summed E-state index contributed by atoms with van der Waals surface area (Å²) in [6.07, 6.45) is 2.63. The molecule has 19 heavy (non-hydrogen) atoms. The van der Waals surface area contributed by atoms with Crippen molar-refractivity contribution in [3.63, 3.8) is 0 Å². The third-order valence-electron chi connectivity index (χ3n) is 4.40. The molecule has 2 heterocycles. The van der Waals surface area contributed by atoms with Crippen LogP contribution in [0.2, 0.25) is 0 Å². The summed E-state index contributed by atoms with van der Waals surface area (Å²) in [5.74, 6) is 1.72. The molecule has 0 radical (unpaired) electrons. The minimum absolute atomic E-state index is 0.402. The molecule has 2 rings (SSSR count). The summed E-state index contributed by atoms with van der Waals surface area (Å²) in [4.78, 5) is 8.63. The maximum Gasteiger partial charge on any atom is 0.185 e. The highest BCUT2D eigenvalue weighted by Crippen LogP contribution is 2.33. The maximum absolute atomic E-state index is 4.78. The van der Waals surface area contributed by atoms with E-state index in [1.165, 1.54) is 41.6 Å². The van der Waals surface area contributed by atoms with Gasteiger partial charge in [-0.2, -0.15) is 0 Å². The second-order valence-corrected chi connectivity index (χ2v) is 7.03. The Kier molecular flexibility index (Phi) is 4.85. The minimum Gasteiger partial charge on any atom is -0.348 e. The zero-order chi connectivity index (χ0) is 14.0. The predicted molar refractivity (Wildman–Crippen MR) is 84.1 cm³/mol. The van der Waals surface area contributed by atoms with Crippen molar-refractivity contribution < 1.29 is 0 Å². The van der Waals surface area contributed by atoms with Crippen molar-refractivity contribution in [2.75, 3.05) is 25.0 Å². The summed E-state index contributed by atoms with van der Waals surface area (Å²) in [5.41, 5.74) is 1.19. The Morgan fingerprint density at radius 1 is 1.26 bits per heavy atom. The number of hydrogen-bond acceptors (Lipinski definition) is 4. The Morgan fingerprint density at radius 2 is 1.89 bits per heavy atom. The first kappa shape index (κ1) is 14.8. The van der Waals surface area contributed by atoms with E-state index in [1.807, 2.05) is 18.4 Å². The lowest BCUT2D eigenvalue weighted by Crippen LogP contribution is -2.35. The van der Waals surface area contributed by atoms with E-state index in [4.69, 9.17) is 4.98 Å². The summed E-state index contributed by atoms with van der Waals surface area (Å²) in [7, 11) is 2.01. The molecule has 1 atom stereocenters. The highest BCUT2D eigenvalue weighted by Gasteiger charge is 2.24. The van der Waals surface area contributed by atoms with Gasteiger partial charge in [-0.25, -0.2) is 4.98 Å². The summed E-state index contributed by atoms with van der Waals surface area (Å²) in [6, 6.07) is 0.402. The lowest BCUT2D eigenvalue weighted by Gasteiger charge is -2.33. The first-order chi connectivity index (χ1) is 9.02. The molecule has 1 fully saturated rings. The number of hydrogen-bond donors (Lipinski definition) is 1. The quantitative estimate of drug-likeness (QED) is 0.914. The fourth-order valence-corrected chi connectivity index (χ4v) is 4.00. The standard InChI is InChI=1S/C15H27N3S/c1-10(2)13-6-8-18(9-7-13)15-17-12(4)14(19-15)11(3)16-5/h10-11,13,16H,6-9H2,1-5H3. The van der Waals surface area contributed by atoms with Gasteiger partial charge in [0.25, 0.3) is 0 Å². The van der Waals surface area contributed by atoms with Crippen molar-refractivity contribution in [1.82, 2.24) is 10.3 Å². The molecule has 1 aromatic heterocycles. The largest absolute Gasteiger partial charge is 0.348 e. The number of piperidine rings is 1. The van der Waals surface area contributed by atoms with E-state index < -0.39 is 0 Å². The van der Waals surface area contributed by atoms with Crippen LogP contribution >= 0.6 is 11.3 Å². The van der Waals surface area contributed by atoms with Crippen molar-refractivity contribution >= 4 is 16.5 Å². The normalized spacial score (nSPS) is 19.2. The third-order valence-corrected chi connectivity index (χ3v) is 5.80. The lowest BCUT2D eigenvalue weighted by atomic mass is 9.87. The summed E-state index contributed by atoms with van der Waals surface area (Å²) in [6.45, 7) is 11.4. The summed E-state index contributed by atoms with van der Waals surface area (Å²) >= 11 is 1.86. The van der Waals surface area contributed by atoms with Gasteiger partial charge in [-0.05, 0) is 45.6 Å². The van der Waals surface area contributed by atoms with E-state index in [9.17, 15) is 0 Å². The van der Waals surface area contributed by atoms with Gasteiger partial charge in [0.1, 0.15) is 0 Å². The van der Waals surface area contributed by atoms with E-state index >= 15 is 0 Å². The molecule has 0 bridgehead atoms. The first-order valence-electron chi connectivity index (χ1n) is 7.42. The molecule has 4 heteroatoms. The molecule has 1 unspecified atom stereocenters. The van der Waals surface area contributed by atoms with Gasteiger partial charge in [-0.15, -0.1) is 11.3 Å². The average molecular weight is 281 g/mol. The van der Waals surface area contributed by atoms with E-state index in [0.29, 0.717) is 6.04 Å². The molecule has 0 aliphatic carbocycles. The number of aryl methyl sites for hydroxylation is 1. The second-order valence-electron chi connectivity index (χ2n) is 6.02. The van der Waals surface area contributed by atoms with E-state index in [2.05, 4.69) is 37.9 Å². The van der Waals surface area contributed by atoms with Crippen LogP contribution in [-0.4, -0.2) is 25.1 Å². The Balaban J connectivity index is 2.04. The summed E-state index contributed by atoms with van der Waals surface area (Å²) in [5, 5.41) is 4.53. The van der Waals surface area contributed by atoms with Gasteiger partial charge in [0.2, 0.25) is 0 Å². The minimum atomic E-state index is 0.402. The molecule has 1 N–H and O–H groups in total. The zero-order valence-electron chi connectivity index (χ0n) is 12.9.